The number of rotatable bonds is 9. The van der Waals surface area contributed by atoms with E-state index >= 15 is 0 Å². The predicted octanol–water partition coefficient (Wildman–Crippen LogP) is 5.74. The van der Waals surface area contributed by atoms with Crippen LogP contribution < -0.4 is 4.74 Å². The molecule has 0 saturated carbocycles. The number of nitriles is 1. The maximum absolute atomic E-state index is 14.3. The Kier molecular flexibility index (Phi) is 8.70. The summed E-state index contributed by atoms with van der Waals surface area (Å²) >= 11 is 3.50. The van der Waals surface area contributed by atoms with Crippen molar-refractivity contribution in [3.05, 3.63) is 87.0 Å². The lowest BCUT2D eigenvalue weighted by Crippen LogP contribution is -2.35. The maximum Gasteiger partial charge on any atom is 0.339 e. The molecular weight excluding hydrogens is 617 g/mol. The molecule has 2 aromatic carbocycles. The first-order chi connectivity index (χ1) is 20.9. The lowest BCUT2D eigenvalue weighted by atomic mass is 9.93. The van der Waals surface area contributed by atoms with Gasteiger partial charge in [0.2, 0.25) is 5.88 Å². The smallest absolute Gasteiger partial charge is 0.339 e. The van der Waals surface area contributed by atoms with Gasteiger partial charge in [-0.2, -0.15) is 5.26 Å². The number of ether oxygens (including phenoxy) is 3. The van der Waals surface area contributed by atoms with Crippen molar-refractivity contribution in [2.45, 2.75) is 51.0 Å². The number of fused-ring (bicyclic) bond motifs is 1. The van der Waals surface area contributed by atoms with E-state index in [-0.39, 0.29) is 24.2 Å². The summed E-state index contributed by atoms with van der Waals surface area (Å²) in [6, 6.07) is 15.7. The lowest BCUT2D eigenvalue weighted by Gasteiger charge is -2.32. The van der Waals surface area contributed by atoms with Gasteiger partial charge in [-0.1, -0.05) is 12.1 Å². The van der Waals surface area contributed by atoms with Crippen molar-refractivity contribution >= 4 is 32.9 Å². The zero-order valence-electron chi connectivity index (χ0n) is 23.8. The summed E-state index contributed by atoms with van der Waals surface area (Å²) in [5.41, 5.74) is 3.81. The van der Waals surface area contributed by atoms with Crippen molar-refractivity contribution in [2.24, 2.45) is 0 Å². The number of methoxy groups -OCH3 is 1. The minimum atomic E-state index is -0.465. The van der Waals surface area contributed by atoms with Crippen LogP contribution in [0, 0.1) is 17.1 Å². The fraction of sp³-hybridized carbons (Fsp3) is 0.375. The summed E-state index contributed by atoms with van der Waals surface area (Å²) in [4.78, 5) is 24.5. The summed E-state index contributed by atoms with van der Waals surface area (Å²) < 4.78 is 33.6. The number of nitrogens with zero attached hydrogens (tertiary/aromatic N) is 5. The number of imidazole rings is 1. The first-order valence-electron chi connectivity index (χ1n) is 14.3. The van der Waals surface area contributed by atoms with Crippen LogP contribution in [0.4, 0.5) is 4.39 Å². The first-order valence-corrected chi connectivity index (χ1v) is 15.1. The molecule has 0 bridgehead atoms. The fourth-order valence-corrected chi connectivity index (χ4v) is 6.12. The average molecular weight is 649 g/mol. The van der Waals surface area contributed by atoms with Crippen molar-refractivity contribution in [3.63, 3.8) is 0 Å². The zero-order valence-corrected chi connectivity index (χ0v) is 25.3. The van der Waals surface area contributed by atoms with Gasteiger partial charge in [-0.05, 0) is 78.6 Å². The molecule has 0 spiro atoms. The van der Waals surface area contributed by atoms with Gasteiger partial charge in [0.05, 0.1) is 54.5 Å². The monoisotopic (exact) mass is 647 g/mol. The molecule has 1 unspecified atom stereocenters. The minimum Gasteiger partial charge on any atom is -0.473 e. The summed E-state index contributed by atoms with van der Waals surface area (Å²) in [6.45, 7) is 3.95. The number of likely N-dealkylation sites (tertiary alicyclic amines) is 1. The third-order valence-corrected chi connectivity index (χ3v) is 8.83. The molecule has 6 rings (SSSR count). The van der Waals surface area contributed by atoms with Gasteiger partial charge in [-0.3, -0.25) is 4.90 Å². The largest absolute Gasteiger partial charge is 0.473 e. The molecule has 2 aromatic heterocycles. The van der Waals surface area contributed by atoms with Crippen LogP contribution in [0.25, 0.3) is 11.0 Å². The Morgan fingerprint density at radius 2 is 1.98 bits per heavy atom. The van der Waals surface area contributed by atoms with Crippen LogP contribution >= 0.6 is 15.9 Å². The molecule has 0 aliphatic carbocycles. The van der Waals surface area contributed by atoms with E-state index in [0.717, 1.165) is 61.5 Å². The highest BCUT2D eigenvalue weighted by atomic mass is 79.9. The van der Waals surface area contributed by atoms with Gasteiger partial charge in [0, 0.05) is 34.3 Å². The second kappa shape index (κ2) is 12.8. The van der Waals surface area contributed by atoms with E-state index in [9.17, 15) is 9.18 Å². The molecule has 2 aliphatic rings. The molecule has 2 aliphatic heterocycles. The molecule has 4 heterocycles. The van der Waals surface area contributed by atoms with Crippen molar-refractivity contribution in [3.8, 4) is 11.9 Å². The van der Waals surface area contributed by atoms with Gasteiger partial charge in [0.25, 0.3) is 0 Å². The molecule has 2 saturated heterocycles. The van der Waals surface area contributed by atoms with E-state index in [2.05, 4.69) is 25.4 Å². The summed E-state index contributed by atoms with van der Waals surface area (Å²) in [7, 11) is 1.38. The highest BCUT2D eigenvalue weighted by molar-refractivity contribution is 9.10. The highest BCUT2D eigenvalue weighted by Crippen LogP contribution is 2.31. The van der Waals surface area contributed by atoms with Gasteiger partial charge in [-0.15, -0.1) is 0 Å². The molecule has 11 heteroatoms. The molecule has 2 fully saturated rings. The second-order valence-corrected chi connectivity index (χ2v) is 11.7. The molecule has 0 radical (unpaired) electrons. The van der Waals surface area contributed by atoms with Crippen molar-refractivity contribution in [2.75, 3.05) is 26.8 Å². The average Bonchev–Trinajstić information content (AvgIpc) is 3.32. The van der Waals surface area contributed by atoms with Crippen molar-refractivity contribution < 1.29 is 23.4 Å². The normalized spacial score (nSPS) is 17.4. The quantitative estimate of drug-likeness (QED) is 0.212. The summed E-state index contributed by atoms with van der Waals surface area (Å²) in [5.74, 6) is 0.823. The maximum atomic E-state index is 14.3. The predicted molar refractivity (Wildman–Crippen MR) is 160 cm³/mol. The number of carbonyl (C=O) groups is 1. The standard InChI is InChI=1S/C32H31BrFN5O4/c1-41-32(40)24-14-29-28(15-25(24)33)36-30(39(29)17-23-9-12-42-23)18-38-10-7-21(8-11-38)27-3-2-4-31(37-27)43-19-22-6-5-20(16-35)13-26(22)34/h2-6,13-15,21,23H,7-12,17-19H2,1H3. The zero-order chi connectivity index (χ0) is 29.9. The Bertz CT molecular complexity index is 1690. The van der Waals surface area contributed by atoms with E-state index in [1.807, 2.05) is 30.3 Å². The number of aromatic nitrogens is 3. The number of esters is 1. The molecule has 1 atom stereocenters. The first kappa shape index (κ1) is 29.2. The number of pyridine rings is 1. The van der Waals surface area contributed by atoms with Crippen LogP contribution in [-0.4, -0.2) is 58.3 Å². The Hall–Kier alpha value is -3.85. The van der Waals surface area contributed by atoms with Crippen LogP contribution in [-0.2, 0) is 29.2 Å². The number of piperidine rings is 1. The van der Waals surface area contributed by atoms with Gasteiger partial charge in [-0.25, -0.2) is 19.2 Å². The molecule has 43 heavy (non-hydrogen) atoms. The number of carbonyl (C=O) groups excluding carboxylic acids is 1. The molecular formula is C32H31BrFN5O4. The molecule has 0 N–H and O–H groups in total. The van der Waals surface area contributed by atoms with Gasteiger partial charge >= 0.3 is 5.97 Å². The van der Waals surface area contributed by atoms with E-state index in [1.165, 1.54) is 13.2 Å². The number of hydrogen-bond donors (Lipinski definition) is 0. The van der Waals surface area contributed by atoms with Crippen LogP contribution in [0.5, 0.6) is 5.88 Å². The van der Waals surface area contributed by atoms with Crippen LogP contribution in [0.3, 0.4) is 0 Å². The van der Waals surface area contributed by atoms with E-state index in [1.54, 1.807) is 18.2 Å². The van der Waals surface area contributed by atoms with Gasteiger partial charge in [0.1, 0.15) is 18.2 Å². The van der Waals surface area contributed by atoms with E-state index in [4.69, 9.17) is 29.4 Å². The Morgan fingerprint density at radius 3 is 2.67 bits per heavy atom. The van der Waals surface area contributed by atoms with E-state index in [0.29, 0.717) is 34.6 Å². The molecule has 222 valence electrons. The van der Waals surface area contributed by atoms with E-state index < -0.39 is 11.8 Å². The number of halogens is 2. The second-order valence-electron chi connectivity index (χ2n) is 10.9. The van der Waals surface area contributed by atoms with Crippen molar-refractivity contribution in [1.29, 1.82) is 5.26 Å². The molecule has 4 aromatic rings. The molecule has 9 nitrogen and oxygen atoms in total. The Labute approximate surface area is 257 Å². The number of hydrogen-bond acceptors (Lipinski definition) is 8. The lowest BCUT2D eigenvalue weighted by molar-refractivity contribution is -0.0592. The highest BCUT2D eigenvalue weighted by Gasteiger charge is 2.27. The summed E-state index contributed by atoms with van der Waals surface area (Å²) in [5, 5.41) is 8.95. The van der Waals surface area contributed by atoms with Crippen LogP contribution in [0.1, 0.15) is 58.2 Å². The SMILES string of the molecule is COC(=O)c1cc2c(cc1Br)nc(CN1CCC(c3cccc(OCc4ccc(C#N)cc4F)n3)CC1)n2CC1CCO1. The third kappa shape index (κ3) is 6.42. The number of benzene rings is 2. The fourth-order valence-electron chi connectivity index (χ4n) is 5.63. The topological polar surface area (TPSA) is 102 Å². The Morgan fingerprint density at radius 1 is 1.16 bits per heavy atom. The van der Waals surface area contributed by atoms with Gasteiger partial charge < -0.3 is 18.8 Å². The van der Waals surface area contributed by atoms with Crippen molar-refractivity contribution in [1.82, 2.24) is 19.4 Å². The minimum absolute atomic E-state index is 0.0387. The van der Waals surface area contributed by atoms with Gasteiger partial charge in [0.15, 0.2) is 0 Å². The summed E-state index contributed by atoms with van der Waals surface area (Å²) in [6.07, 6.45) is 3.01. The third-order valence-electron chi connectivity index (χ3n) is 8.17. The van der Waals surface area contributed by atoms with Crippen LogP contribution in [0.15, 0.2) is 53.0 Å². The van der Waals surface area contributed by atoms with Crippen LogP contribution in [0.2, 0.25) is 0 Å². The molecule has 0 amide bonds. The Balaban J connectivity index is 1.12.